The fourth-order valence-electron chi connectivity index (χ4n) is 1.12. The molecule has 0 aliphatic carbocycles. The van der Waals surface area contributed by atoms with Crippen molar-refractivity contribution in [2.75, 3.05) is 0 Å². The Morgan fingerprint density at radius 1 is 1.31 bits per heavy atom. The lowest BCUT2D eigenvalue weighted by molar-refractivity contribution is 0.144. The average Bonchev–Trinajstić information content (AvgIpc) is 2.03. The summed E-state index contributed by atoms with van der Waals surface area (Å²) in [5.74, 6) is 0.0359. The van der Waals surface area contributed by atoms with Crippen molar-refractivity contribution >= 4 is 11.6 Å². The number of rotatable bonds is 2. The van der Waals surface area contributed by atoms with Crippen molar-refractivity contribution in [3.05, 3.63) is 28.5 Å². The molecular formula is C9H10ClF2N. The van der Waals surface area contributed by atoms with E-state index in [0.29, 0.717) is 5.56 Å². The summed E-state index contributed by atoms with van der Waals surface area (Å²) in [6, 6.07) is 3.13. The Bertz CT molecular complexity index is 300. The van der Waals surface area contributed by atoms with Crippen LogP contribution < -0.4 is 0 Å². The van der Waals surface area contributed by atoms with Crippen LogP contribution in [0.1, 0.15) is 37.4 Å². The predicted octanol–water partition coefficient (Wildman–Crippen LogP) is 3.80. The van der Waals surface area contributed by atoms with Gasteiger partial charge in [0.1, 0.15) is 10.8 Å². The van der Waals surface area contributed by atoms with Crippen LogP contribution in [0.3, 0.4) is 0 Å². The van der Waals surface area contributed by atoms with Crippen LogP contribution in [0.4, 0.5) is 8.78 Å². The van der Waals surface area contributed by atoms with E-state index in [-0.39, 0.29) is 16.8 Å². The average molecular weight is 206 g/mol. The van der Waals surface area contributed by atoms with Gasteiger partial charge in [0.2, 0.25) is 0 Å². The maximum Gasteiger partial charge on any atom is 0.280 e. The molecule has 1 rings (SSSR count). The zero-order chi connectivity index (χ0) is 10.0. The quantitative estimate of drug-likeness (QED) is 0.670. The van der Waals surface area contributed by atoms with Crippen molar-refractivity contribution in [3.8, 4) is 0 Å². The highest BCUT2D eigenvalue weighted by Gasteiger charge is 2.16. The molecule has 0 radical (unpaired) electrons. The van der Waals surface area contributed by atoms with E-state index in [4.69, 9.17) is 11.6 Å². The van der Waals surface area contributed by atoms with Crippen LogP contribution in [0, 0.1) is 0 Å². The fraction of sp³-hybridized carbons (Fsp3) is 0.444. The Labute approximate surface area is 80.7 Å². The van der Waals surface area contributed by atoms with Crippen LogP contribution in [0.25, 0.3) is 0 Å². The number of hydrogen-bond acceptors (Lipinski definition) is 1. The van der Waals surface area contributed by atoms with Gasteiger partial charge in [0.15, 0.2) is 0 Å². The lowest BCUT2D eigenvalue weighted by Gasteiger charge is -2.10. The van der Waals surface area contributed by atoms with E-state index < -0.39 is 6.43 Å². The molecule has 13 heavy (non-hydrogen) atoms. The molecule has 72 valence electrons. The Kier molecular flexibility index (Phi) is 3.20. The standard InChI is InChI=1S/C9H10ClF2N/c1-5(2)6-3-4-7(10)13-8(6)9(11)12/h3-5,9H,1-2H3. The molecule has 0 amide bonds. The molecule has 4 heteroatoms. The fourth-order valence-corrected chi connectivity index (χ4v) is 1.28. The van der Waals surface area contributed by atoms with Crippen LogP contribution in [0.2, 0.25) is 5.15 Å². The summed E-state index contributed by atoms with van der Waals surface area (Å²) in [6.45, 7) is 3.69. The molecule has 0 spiro atoms. The zero-order valence-electron chi connectivity index (χ0n) is 7.39. The second-order valence-corrected chi connectivity index (χ2v) is 3.45. The summed E-state index contributed by atoms with van der Waals surface area (Å²) in [5, 5.41) is 0.111. The Morgan fingerprint density at radius 3 is 2.38 bits per heavy atom. The van der Waals surface area contributed by atoms with Gasteiger partial charge in [-0.3, -0.25) is 0 Å². The molecule has 1 heterocycles. The third-order valence-corrected chi connectivity index (χ3v) is 1.96. The minimum absolute atomic E-state index is 0.0359. The Hall–Kier alpha value is -0.700. The van der Waals surface area contributed by atoms with Crippen LogP contribution in [0.5, 0.6) is 0 Å². The lowest BCUT2D eigenvalue weighted by Crippen LogP contribution is -2.00. The normalized spacial score (nSPS) is 11.3. The van der Waals surface area contributed by atoms with Crippen molar-refractivity contribution in [1.29, 1.82) is 0 Å². The molecule has 0 saturated carbocycles. The summed E-state index contributed by atoms with van der Waals surface area (Å²) in [6.07, 6.45) is -2.56. The van der Waals surface area contributed by atoms with Gasteiger partial charge in [-0.1, -0.05) is 31.5 Å². The van der Waals surface area contributed by atoms with Crippen LogP contribution in [-0.4, -0.2) is 4.98 Å². The molecule has 0 bridgehead atoms. The van der Waals surface area contributed by atoms with Gasteiger partial charge in [-0.05, 0) is 17.5 Å². The molecule has 1 aromatic heterocycles. The number of halogens is 3. The molecule has 0 aliphatic heterocycles. The van der Waals surface area contributed by atoms with E-state index in [9.17, 15) is 8.78 Å². The minimum atomic E-state index is -2.56. The van der Waals surface area contributed by atoms with Gasteiger partial charge >= 0.3 is 0 Å². The van der Waals surface area contributed by atoms with Gasteiger partial charge in [-0.2, -0.15) is 0 Å². The van der Waals surface area contributed by atoms with Crippen molar-refractivity contribution in [2.24, 2.45) is 0 Å². The number of hydrogen-bond donors (Lipinski definition) is 0. The van der Waals surface area contributed by atoms with E-state index >= 15 is 0 Å². The molecular weight excluding hydrogens is 196 g/mol. The topological polar surface area (TPSA) is 12.9 Å². The van der Waals surface area contributed by atoms with Crippen LogP contribution >= 0.6 is 11.6 Å². The molecule has 0 aliphatic rings. The van der Waals surface area contributed by atoms with Crippen LogP contribution in [-0.2, 0) is 0 Å². The van der Waals surface area contributed by atoms with Gasteiger partial charge < -0.3 is 0 Å². The number of alkyl halides is 2. The summed E-state index contributed by atoms with van der Waals surface area (Å²) in [4.78, 5) is 3.61. The number of pyridine rings is 1. The summed E-state index contributed by atoms with van der Waals surface area (Å²) in [5.41, 5.74) is 0.349. The zero-order valence-corrected chi connectivity index (χ0v) is 8.15. The highest BCUT2D eigenvalue weighted by Crippen LogP contribution is 2.27. The molecule has 0 atom stereocenters. The van der Waals surface area contributed by atoms with Gasteiger partial charge in [-0.15, -0.1) is 0 Å². The monoisotopic (exact) mass is 205 g/mol. The molecule has 0 fully saturated rings. The van der Waals surface area contributed by atoms with E-state index in [2.05, 4.69) is 4.98 Å². The largest absolute Gasteiger partial charge is 0.280 e. The number of aromatic nitrogens is 1. The SMILES string of the molecule is CC(C)c1ccc(Cl)nc1C(F)F. The number of nitrogens with zero attached hydrogens (tertiary/aromatic N) is 1. The minimum Gasteiger partial charge on any atom is -0.235 e. The first kappa shape index (κ1) is 10.4. The maximum absolute atomic E-state index is 12.4. The summed E-state index contributed by atoms with van der Waals surface area (Å²) in [7, 11) is 0. The third kappa shape index (κ3) is 2.37. The first-order valence-electron chi connectivity index (χ1n) is 3.97. The van der Waals surface area contributed by atoms with Gasteiger partial charge in [0.25, 0.3) is 6.43 Å². The predicted molar refractivity (Wildman–Crippen MR) is 48.3 cm³/mol. The van der Waals surface area contributed by atoms with E-state index in [1.807, 2.05) is 13.8 Å². The van der Waals surface area contributed by atoms with Crippen LogP contribution in [0.15, 0.2) is 12.1 Å². The van der Waals surface area contributed by atoms with Crippen molar-refractivity contribution in [1.82, 2.24) is 4.98 Å². The first-order valence-corrected chi connectivity index (χ1v) is 4.34. The Morgan fingerprint density at radius 2 is 1.92 bits per heavy atom. The van der Waals surface area contributed by atoms with Crippen molar-refractivity contribution in [2.45, 2.75) is 26.2 Å². The Balaban J connectivity index is 3.19. The molecule has 0 N–H and O–H groups in total. The smallest absolute Gasteiger partial charge is 0.235 e. The van der Waals surface area contributed by atoms with Gasteiger partial charge in [0.05, 0.1) is 0 Å². The molecule has 0 aromatic carbocycles. The molecule has 0 unspecified atom stereocenters. The second kappa shape index (κ2) is 4.01. The highest BCUT2D eigenvalue weighted by molar-refractivity contribution is 6.29. The second-order valence-electron chi connectivity index (χ2n) is 3.06. The van der Waals surface area contributed by atoms with E-state index in [0.717, 1.165) is 0 Å². The third-order valence-electron chi connectivity index (χ3n) is 1.75. The molecule has 0 saturated heterocycles. The molecule has 1 aromatic rings. The summed E-state index contributed by atoms with van der Waals surface area (Å²) >= 11 is 5.52. The van der Waals surface area contributed by atoms with Crippen molar-refractivity contribution in [3.63, 3.8) is 0 Å². The van der Waals surface area contributed by atoms with Crippen molar-refractivity contribution < 1.29 is 8.78 Å². The van der Waals surface area contributed by atoms with Gasteiger partial charge in [-0.25, -0.2) is 13.8 Å². The van der Waals surface area contributed by atoms with E-state index in [1.54, 1.807) is 6.07 Å². The maximum atomic E-state index is 12.4. The lowest BCUT2D eigenvalue weighted by atomic mass is 10.0. The summed E-state index contributed by atoms with van der Waals surface area (Å²) < 4.78 is 24.9. The highest BCUT2D eigenvalue weighted by atomic mass is 35.5. The van der Waals surface area contributed by atoms with E-state index in [1.165, 1.54) is 6.07 Å². The van der Waals surface area contributed by atoms with Gasteiger partial charge in [0, 0.05) is 0 Å². The molecule has 1 nitrogen and oxygen atoms in total. The first-order chi connectivity index (χ1) is 6.02.